The fourth-order valence-electron chi connectivity index (χ4n) is 3.64. The lowest BCUT2D eigenvalue weighted by Crippen LogP contribution is -2.16. The first-order chi connectivity index (χ1) is 17.1. The largest absolute Gasteiger partial charge is 0.492 e. The minimum atomic E-state index is -0.129. The number of carbonyl (C=O) groups is 1. The fourth-order valence-corrected chi connectivity index (χ4v) is 4.59. The molecule has 0 saturated carbocycles. The number of hydrogen-bond donors (Lipinski definition) is 2. The minimum Gasteiger partial charge on any atom is -0.492 e. The summed E-state index contributed by atoms with van der Waals surface area (Å²) >= 11 is 1.42. The average molecular weight is 489 g/mol. The Labute approximate surface area is 205 Å². The van der Waals surface area contributed by atoms with Crippen LogP contribution in [0.5, 0.6) is 5.75 Å². The SMILES string of the molecule is CCCOc1cccc2nc(NC(=O)CCNc3nccc4ccc(-c5noc(C)n5)cc34)sc12. The van der Waals surface area contributed by atoms with Crippen molar-refractivity contribution in [3.05, 3.63) is 54.6 Å². The van der Waals surface area contributed by atoms with Crippen molar-refractivity contribution in [3.63, 3.8) is 0 Å². The number of aryl methyl sites for hydroxylation is 1. The van der Waals surface area contributed by atoms with Gasteiger partial charge >= 0.3 is 0 Å². The molecule has 3 heterocycles. The highest BCUT2D eigenvalue weighted by Gasteiger charge is 2.13. The molecule has 0 bridgehead atoms. The topological polar surface area (TPSA) is 115 Å². The maximum absolute atomic E-state index is 12.6. The molecule has 0 aliphatic rings. The van der Waals surface area contributed by atoms with E-state index in [4.69, 9.17) is 9.26 Å². The number of pyridine rings is 1. The van der Waals surface area contributed by atoms with Gasteiger partial charge in [-0.25, -0.2) is 9.97 Å². The Hall–Kier alpha value is -4.05. The number of rotatable bonds is 9. The maximum Gasteiger partial charge on any atom is 0.227 e. The van der Waals surface area contributed by atoms with Crippen LogP contribution in [0.2, 0.25) is 0 Å². The van der Waals surface area contributed by atoms with Gasteiger partial charge in [-0.2, -0.15) is 4.98 Å². The summed E-state index contributed by atoms with van der Waals surface area (Å²) in [6.45, 7) is 4.88. The van der Waals surface area contributed by atoms with Crippen molar-refractivity contribution in [1.82, 2.24) is 20.1 Å². The smallest absolute Gasteiger partial charge is 0.227 e. The monoisotopic (exact) mass is 488 g/mol. The lowest BCUT2D eigenvalue weighted by atomic mass is 10.1. The van der Waals surface area contributed by atoms with Crippen LogP contribution in [0.15, 0.2) is 53.2 Å². The number of nitrogens with one attached hydrogen (secondary N) is 2. The summed E-state index contributed by atoms with van der Waals surface area (Å²) in [6, 6.07) is 13.6. The van der Waals surface area contributed by atoms with Gasteiger partial charge < -0.3 is 19.9 Å². The molecule has 5 rings (SSSR count). The summed E-state index contributed by atoms with van der Waals surface area (Å²) in [7, 11) is 0. The second-order valence-electron chi connectivity index (χ2n) is 7.93. The van der Waals surface area contributed by atoms with Crippen molar-refractivity contribution in [1.29, 1.82) is 0 Å². The van der Waals surface area contributed by atoms with E-state index < -0.39 is 0 Å². The zero-order chi connectivity index (χ0) is 24.2. The van der Waals surface area contributed by atoms with Gasteiger partial charge in [0.2, 0.25) is 17.6 Å². The fraction of sp³-hybridized carbons (Fsp3) is 0.240. The Morgan fingerprint density at radius 1 is 1.17 bits per heavy atom. The van der Waals surface area contributed by atoms with Gasteiger partial charge in [0.15, 0.2) is 5.13 Å². The molecule has 2 aromatic carbocycles. The second-order valence-corrected chi connectivity index (χ2v) is 8.93. The van der Waals surface area contributed by atoms with Crippen LogP contribution in [-0.2, 0) is 4.79 Å². The van der Waals surface area contributed by atoms with Crippen molar-refractivity contribution in [2.75, 3.05) is 23.8 Å². The molecular weight excluding hydrogens is 464 g/mol. The number of fused-ring (bicyclic) bond motifs is 2. The van der Waals surface area contributed by atoms with Gasteiger partial charge in [0.05, 0.1) is 16.8 Å². The summed E-state index contributed by atoms with van der Waals surface area (Å²) in [5.74, 6) is 2.39. The van der Waals surface area contributed by atoms with E-state index in [-0.39, 0.29) is 12.3 Å². The molecule has 5 aromatic rings. The number of carbonyl (C=O) groups excluding carboxylic acids is 1. The van der Waals surface area contributed by atoms with E-state index in [0.29, 0.717) is 35.8 Å². The van der Waals surface area contributed by atoms with Gasteiger partial charge in [0.1, 0.15) is 11.6 Å². The molecule has 0 spiro atoms. The Morgan fingerprint density at radius 3 is 2.91 bits per heavy atom. The molecule has 0 aliphatic carbocycles. The van der Waals surface area contributed by atoms with Gasteiger partial charge in [0.25, 0.3) is 0 Å². The molecule has 35 heavy (non-hydrogen) atoms. The molecule has 1 amide bonds. The van der Waals surface area contributed by atoms with Crippen LogP contribution < -0.4 is 15.4 Å². The first-order valence-corrected chi connectivity index (χ1v) is 12.2. The van der Waals surface area contributed by atoms with E-state index in [0.717, 1.165) is 38.7 Å². The molecule has 0 unspecified atom stereocenters. The van der Waals surface area contributed by atoms with Crippen molar-refractivity contribution in [2.45, 2.75) is 26.7 Å². The molecule has 0 fully saturated rings. The predicted octanol–water partition coefficient (Wildman–Crippen LogP) is 5.43. The van der Waals surface area contributed by atoms with Crippen molar-refractivity contribution in [3.8, 4) is 17.1 Å². The van der Waals surface area contributed by atoms with Gasteiger partial charge in [-0.15, -0.1) is 0 Å². The number of hydrogen-bond acceptors (Lipinski definition) is 9. The number of thiazole rings is 1. The number of aromatic nitrogens is 4. The lowest BCUT2D eigenvalue weighted by molar-refractivity contribution is -0.115. The zero-order valence-electron chi connectivity index (χ0n) is 19.4. The molecule has 0 saturated heterocycles. The van der Waals surface area contributed by atoms with Crippen LogP contribution in [0.4, 0.5) is 10.9 Å². The van der Waals surface area contributed by atoms with E-state index in [9.17, 15) is 4.79 Å². The number of amides is 1. The third kappa shape index (κ3) is 5.07. The highest BCUT2D eigenvalue weighted by atomic mass is 32.1. The molecule has 178 valence electrons. The van der Waals surface area contributed by atoms with Gasteiger partial charge in [0, 0.05) is 37.0 Å². The van der Waals surface area contributed by atoms with Crippen LogP contribution in [0, 0.1) is 6.92 Å². The summed E-state index contributed by atoms with van der Waals surface area (Å²) in [4.78, 5) is 25.9. The van der Waals surface area contributed by atoms with Crippen molar-refractivity contribution >= 4 is 49.2 Å². The van der Waals surface area contributed by atoms with Crippen LogP contribution in [0.25, 0.3) is 32.4 Å². The molecule has 0 atom stereocenters. The van der Waals surface area contributed by atoms with Crippen LogP contribution in [0.3, 0.4) is 0 Å². The highest BCUT2D eigenvalue weighted by Crippen LogP contribution is 2.34. The lowest BCUT2D eigenvalue weighted by Gasteiger charge is -2.09. The summed E-state index contributed by atoms with van der Waals surface area (Å²) in [5.41, 5.74) is 1.64. The van der Waals surface area contributed by atoms with Crippen LogP contribution in [0.1, 0.15) is 25.7 Å². The molecule has 0 radical (unpaired) electrons. The third-order valence-electron chi connectivity index (χ3n) is 5.28. The van der Waals surface area contributed by atoms with Crippen LogP contribution in [-0.4, -0.2) is 39.2 Å². The molecule has 0 aliphatic heterocycles. The summed E-state index contributed by atoms with van der Waals surface area (Å²) < 4.78 is 11.8. The Kier molecular flexibility index (Phi) is 6.53. The Bertz CT molecular complexity index is 1500. The maximum atomic E-state index is 12.6. The van der Waals surface area contributed by atoms with Gasteiger partial charge in [-0.3, -0.25) is 4.79 Å². The number of benzene rings is 2. The van der Waals surface area contributed by atoms with E-state index in [1.165, 1.54) is 11.3 Å². The number of nitrogens with zero attached hydrogens (tertiary/aromatic N) is 4. The third-order valence-corrected chi connectivity index (χ3v) is 6.28. The quantitative estimate of drug-likeness (QED) is 0.282. The van der Waals surface area contributed by atoms with Gasteiger partial charge in [-0.1, -0.05) is 41.6 Å². The summed E-state index contributed by atoms with van der Waals surface area (Å²) in [5, 5.41) is 12.7. The minimum absolute atomic E-state index is 0.129. The van der Waals surface area contributed by atoms with Crippen LogP contribution >= 0.6 is 11.3 Å². The predicted molar refractivity (Wildman–Crippen MR) is 137 cm³/mol. The first-order valence-electron chi connectivity index (χ1n) is 11.4. The van der Waals surface area contributed by atoms with Gasteiger partial charge in [-0.05, 0) is 36.1 Å². The van der Waals surface area contributed by atoms with Crippen molar-refractivity contribution < 1.29 is 14.1 Å². The van der Waals surface area contributed by atoms with E-state index in [1.54, 1.807) is 13.1 Å². The molecule has 3 aromatic heterocycles. The number of anilines is 2. The molecule has 9 nitrogen and oxygen atoms in total. The number of ether oxygens (including phenoxy) is 1. The van der Waals surface area contributed by atoms with E-state index in [2.05, 4.69) is 37.7 Å². The molecule has 2 N–H and O–H groups in total. The highest BCUT2D eigenvalue weighted by molar-refractivity contribution is 7.22. The zero-order valence-corrected chi connectivity index (χ0v) is 20.2. The summed E-state index contributed by atoms with van der Waals surface area (Å²) in [6.07, 6.45) is 2.93. The Balaban J connectivity index is 1.24. The van der Waals surface area contributed by atoms with E-state index in [1.807, 2.05) is 42.5 Å². The second kappa shape index (κ2) is 10.1. The van der Waals surface area contributed by atoms with E-state index >= 15 is 0 Å². The average Bonchev–Trinajstić information content (AvgIpc) is 3.48. The van der Waals surface area contributed by atoms with Crippen molar-refractivity contribution in [2.24, 2.45) is 0 Å². The Morgan fingerprint density at radius 2 is 2.09 bits per heavy atom. The molecular formula is C25H24N6O3S. The normalized spacial score (nSPS) is 11.1. The molecule has 10 heteroatoms. The first kappa shape index (κ1) is 22.7. The standard InChI is InChI=1S/C25H24N6O3S/c1-3-13-33-20-6-4-5-19-22(20)35-25(29-19)30-21(32)10-12-27-24-18-14-17(23-28-15(2)34-31-23)8-7-16(18)9-11-26-24/h4-9,11,14H,3,10,12-13H2,1-2H3,(H,26,27)(H,29,30,32).